The van der Waals surface area contributed by atoms with Crippen LogP contribution in [0.15, 0.2) is 48.5 Å². The Balaban J connectivity index is 1.52. The lowest BCUT2D eigenvalue weighted by molar-refractivity contribution is -0.122. The van der Waals surface area contributed by atoms with E-state index in [0.717, 1.165) is 6.07 Å². The summed E-state index contributed by atoms with van der Waals surface area (Å²) in [6.07, 6.45) is 0. The molecule has 0 unspecified atom stereocenters. The topological polar surface area (TPSA) is 58.4 Å². The highest BCUT2D eigenvalue weighted by molar-refractivity contribution is 5.78. The Kier molecular flexibility index (Phi) is 5.40. The summed E-state index contributed by atoms with van der Waals surface area (Å²) in [6, 6.07) is 13.2. The van der Waals surface area contributed by atoms with E-state index in [1.165, 1.54) is 17.7 Å². The molecule has 25 heavy (non-hydrogen) atoms. The third-order valence-electron chi connectivity index (χ3n) is 4.45. The summed E-state index contributed by atoms with van der Waals surface area (Å²) >= 11 is 0. The van der Waals surface area contributed by atoms with Crippen LogP contribution in [0.1, 0.15) is 17.0 Å². The zero-order chi connectivity index (χ0) is 17.8. The Labute approximate surface area is 145 Å². The molecule has 1 amide bonds. The van der Waals surface area contributed by atoms with Crippen molar-refractivity contribution in [2.75, 3.05) is 19.6 Å². The minimum atomic E-state index is -0.652. The molecule has 4 nitrogen and oxygen atoms in total. The molecule has 132 valence electrons. The molecule has 2 aromatic rings. The lowest BCUT2D eigenvalue weighted by atomic mass is 9.95. The van der Waals surface area contributed by atoms with E-state index in [1.54, 1.807) is 0 Å². The van der Waals surface area contributed by atoms with Gasteiger partial charge in [0.05, 0.1) is 6.54 Å². The predicted molar refractivity (Wildman–Crippen MR) is 91.8 cm³/mol. The second-order valence-electron chi connectivity index (χ2n) is 6.43. The molecule has 2 atom stereocenters. The van der Waals surface area contributed by atoms with Crippen LogP contribution in [0.2, 0.25) is 0 Å². The summed E-state index contributed by atoms with van der Waals surface area (Å²) < 4.78 is 26.3. The van der Waals surface area contributed by atoms with Gasteiger partial charge in [-0.1, -0.05) is 30.3 Å². The minimum Gasteiger partial charge on any atom is -0.351 e. The van der Waals surface area contributed by atoms with Crippen LogP contribution < -0.4 is 11.1 Å². The van der Waals surface area contributed by atoms with Gasteiger partial charge in [-0.15, -0.1) is 0 Å². The molecule has 6 heteroatoms. The van der Waals surface area contributed by atoms with E-state index in [2.05, 4.69) is 5.32 Å². The summed E-state index contributed by atoms with van der Waals surface area (Å²) in [6.45, 7) is 1.67. The number of nitrogens with two attached hydrogens (primary N) is 1. The number of carbonyl (C=O) groups excluding carboxylic acids is 1. The number of nitrogens with zero attached hydrogens (tertiary/aromatic N) is 1. The van der Waals surface area contributed by atoms with Gasteiger partial charge >= 0.3 is 0 Å². The van der Waals surface area contributed by atoms with Crippen LogP contribution in [0.5, 0.6) is 0 Å². The van der Waals surface area contributed by atoms with E-state index in [9.17, 15) is 13.6 Å². The Morgan fingerprint density at radius 1 is 1.12 bits per heavy atom. The molecule has 0 radical (unpaired) electrons. The normalized spacial score (nSPS) is 20.6. The number of halogens is 2. The largest absolute Gasteiger partial charge is 0.351 e. The fraction of sp³-hybridized carbons (Fsp3) is 0.316. The van der Waals surface area contributed by atoms with Gasteiger partial charge in [-0.2, -0.15) is 0 Å². The highest BCUT2D eigenvalue weighted by Gasteiger charge is 2.31. The second-order valence-corrected chi connectivity index (χ2v) is 6.43. The first-order valence-corrected chi connectivity index (χ1v) is 8.26. The molecule has 1 fully saturated rings. The van der Waals surface area contributed by atoms with Crippen molar-refractivity contribution in [2.45, 2.75) is 18.5 Å². The standard InChI is InChI=1S/C19H21F2N3O/c20-15-6-13(7-16(21)8-15)9-23-19(25)12-24-10-17(18(22)11-24)14-4-2-1-3-5-14/h1-8,17-18H,9-12,22H2,(H,23,25)/t17-,18+/m0/s1. The third kappa shape index (κ3) is 4.61. The average molecular weight is 345 g/mol. The van der Waals surface area contributed by atoms with Gasteiger partial charge in [0.2, 0.25) is 5.91 Å². The smallest absolute Gasteiger partial charge is 0.234 e. The number of hydrogen-bond acceptors (Lipinski definition) is 3. The first-order valence-electron chi connectivity index (χ1n) is 8.26. The Bertz CT molecular complexity index is 718. The van der Waals surface area contributed by atoms with Gasteiger partial charge in [-0.3, -0.25) is 9.69 Å². The third-order valence-corrected chi connectivity index (χ3v) is 4.45. The quantitative estimate of drug-likeness (QED) is 0.872. The van der Waals surface area contributed by atoms with Crippen molar-refractivity contribution in [1.82, 2.24) is 10.2 Å². The van der Waals surface area contributed by atoms with E-state index >= 15 is 0 Å². The molecule has 1 saturated heterocycles. The summed E-state index contributed by atoms with van der Waals surface area (Å²) in [7, 11) is 0. The van der Waals surface area contributed by atoms with E-state index < -0.39 is 11.6 Å². The highest BCUT2D eigenvalue weighted by Crippen LogP contribution is 2.25. The van der Waals surface area contributed by atoms with Gasteiger partial charge in [0.1, 0.15) is 11.6 Å². The van der Waals surface area contributed by atoms with E-state index in [1.807, 2.05) is 35.2 Å². The summed E-state index contributed by atoms with van der Waals surface area (Å²) in [5, 5.41) is 2.69. The van der Waals surface area contributed by atoms with Crippen LogP contribution in [0, 0.1) is 11.6 Å². The maximum atomic E-state index is 13.2. The van der Waals surface area contributed by atoms with Gasteiger partial charge in [-0.25, -0.2) is 8.78 Å². The second kappa shape index (κ2) is 7.72. The molecule has 0 aliphatic carbocycles. The van der Waals surface area contributed by atoms with Gasteiger partial charge in [0.25, 0.3) is 0 Å². The first-order chi connectivity index (χ1) is 12.0. The van der Waals surface area contributed by atoms with Crippen molar-refractivity contribution in [2.24, 2.45) is 5.73 Å². The Morgan fingerprint density at radius 3 is 2.48 bits per heavy atom. The van der Waals surface area contributed by atoms with E-state index in [4.69, 9.17) is 5.73 Å². The predicted octanol–water partition coefficient (Wildman–Crippen LogP) is 2.01. The lowest BCUT2D eigenvalue weighted by Gasteiger charge is -2.16. The van der Waals surface area contributed by atoms with Crippen molar-refractivity contribution < 1.29 is 13.6 Å². The van der Waals surface area contributed by atoms with Crippen LogP contribution in [-0.4, -0.2) is 36.5 Å². The maximum absolute atomic E-state index is 13.2. The molecule has 0 spiro atoms. The fourth-order valence-corrected chi connectivity index (χ4v) is 3.27. The molecular formula is C19H21F2N3O. The van der Waals surface area contributed by atoms with Crippen molar-refractivity contribution in [3.63, 3.8) is 0 Å². The number of nitrogens with one attached hydrogen (secondary N) is 1. The summed E-state index contributed by atoms with van der Waals surface area (Å²) in [4.78, 5) is 14.1. The van der Waals surface area contributed by atoms with Crippen LogP contribution in [-0.2, 0) is 11.3 Å². The number of carbonyl (C=O) groups is 1. The molecule has 1 aliphatic heterocycles. The highest BCUT2D eigenvalue weighted by atomic mass is 19.1. The number of benzene rings is 2. The van der Waals surface area contributed by atoms with Gasteiger partial charge in [0, 0.05) is 37.7 Å². The summed E-state index contributed by atoms with van der Waals surface area (Å²) in [5.41, 5.74) is 7.79. The van der Waals surface area contributed by atoms with Crippen molar-refractivity contribution >= 4 is 5.91 Å². The van der Waals surface area contributed by atoms with Crippen LogP contribution in [0.3, 0.4) is 0 Å². The maximum Gasteiger partial charge on any atom is 0.234 e. The Hall–Kier alpha value is -2.31. The van der Waals surface area contributed by atoms with Gasteiger partial charge < -0.3 is 11.1 Å². The van der Waals surface area contributed by atoms with Crippen molar-refractivity contribution in [3.05, 3.63) is 71.3 Å². The Morgan fingerprint density at radius 2 is 1.80 bits per heavy atom. The SMILES string of the molecule is N[C@@H]1CN(CC(=O)NCc2cc(F)cc(F)c2)C[C@H]1c1ccccc1. The first kappa shape index (κ1) is 17.5. The zero-order valence-electron chi connectivity index (χ0n) is 13.8. The molecule has 0 saturated carbocycles. The van der Waals surface area contributed by atoms with Gasteiger partial charge in [-0.05, 0) is 23.3 Å². The fourth-order valence-electron chi connectivity index (χ4n) is 3.27. The van der Waals surface area contributed by atoms with Crippen LogP contribution >= 0.6 is 0 Å². The zero-order valence-corrected chi connectivity index (χ0v) is 13.8. The average Bonchev–Trinajstić information content (AvgIpc) is 2.93. The van der Waals surface area contributed by atoms with Crippen molar-refractivity contribution in [3.8, 4) is 0 Å². The molecule has 3 N–H and O–H groups in total. The summed E-state index contributed by atoms with van der Waals surface area (Å²) in [5.74, 6) is -1.29. The van der Waals surface area contributed by atoms with Gasteiger partial charge in [0.15, 0.2) is 0 Å². The number of likely N-dealkylation sites (tertiary alicyclic amines) is 1. The molecule has 3 rings (SSSR count). The molecule has 0 bridgehead atoms. The van der Waals surface area contributed by atoms with Crippen molar-refractivity contribution in [1.29, 1.82) is 0 Å². The number of amides is 1. The molecule has 1 heterocycles. The molecule has 2 aromatic carbocycles. The van der Waals surface area contributed by atoms with Crippen LogP contribution in [0.25, 0.3) is 0 Å². The molecule has 0 aromatic heterocycles. The lowest BCUT2D eigenvalue weighted by Crippen LogP contribution is -2.37. The van der Waals surface area contributed by atoms with E-state index in [0.29, 0.717) is 18.7 Å². The monoisotopic (exact) mass is 345 g/mol. The minimum absolute atomic E-state index is 0.0208. The van der Waals surface area contributed by atoms with E-state index in [-0.39, 0.29) is 31.0 Å². The number of hydrogen-bond donors (Lipinski definition) is 2. The molecular weight excluding hydrogens is 324 g/mol. The van der Waals surface area contributed by atoms with Crippen LogP contribution in [0.4, 0.5) is 8.78 Å². The molecule has 1 aliphatic rings. The number of rotatable bonds is 5.